The minimum Gasteiger partial charge on any atom is -0.451 e. The molecule has 0 aliphatic carbocycles. The lowest BCUT2D eigenvalue weighted by Gasteiger charge is -2.13. The van der Waals surface area contributed by atoms with Gasteiger partial charge in [-0.1, -0.05) is 37.3 Å². The highest BCUT2D eigenvalue weighted by atomic mass is 16.6. The Kier molecular flexibility index (Phi) is 5.89. The smallest absolute Gasteiger partial charge is 0.355 e. The zero-order valence-electron chi connectivity index (χ0n) is 14.0. The van der Waals surface area contributed by atoms with Gasteiger partial charge in [0.15, 0.2) is 6.61 Å². The topological polar surface area (TPSA) is 103 Å². The Labute approximate surface area is 144 Å². The van der Waals surface area contributed by atoms with Crippen LogP contribution in [0.4, 0.5) is 5.69 Å². The zero-order chi connectivity index (χ0) is 18.4. The van der Waals surface area contributed by atoms with Crippen LogP contribution in [0.2, 0.25) is 0 Å². The van der Waals surface area contributed by atoms with Crippen molar-refractivity contribution in [2.45, 2.75) is 12.8 Å². The average Bonchev–Trinajstić information content (AvgIpc) is 3.00. The summed E-state index contributed by atoms with van der Waals surface area (Å²) < 4.78 is 6.19. The van der Waals surface area contributed by atoms with E-state index >= 15 is 0 Å². The molecule has 2 rings (SSSR count). The fraction of sp³-hybridized carbons (Fsp3) is 0.294. The maximum Gasteiger partial charge on any atom is 0.355 e. The molecule has 1 aromatic heterocycles. The number of aromatic nitrogens is 1. The molecule has 1 heterocycles. The predicted molar refractivity (Wildman–Crippen MR) is 90.2 cm³/mol. The van der Waals surface area contributed by atoms with E-state index in [2.05, 4.69) is 5.32 Å². The van der Waals surface area contributed by atoms with Crippen molar-refractivity contribution in [3.05, 3.63) is 64.0 Å². The molecule has 1 aromatic carbocycles. The van der Waals surface area contributed by atoms with Crippen LogP contribution in [0.3, 0.4) is 0 Å². The molecular formula is C17H19N3O5. The van der Waals surface area contributed by atoms with Crippen LogP contribution in [0.15, 0.2) is 42.6 Å². The van der Waals surface area contributed by atoms with Crippen molar-refractivity contribution in [2.75, 3.05) is 13.2 Å². The average molecular weight is 345 g/mol. The lowest BCUT2D eigenvalue weighted by Crippen LogP contribution is -2.31. The number of amides is 1. The van der Waals surface area contributed by atoms with E-state index in [0.717, 1.165) is 11.6 Å². The molecule has 0 fully saturated rings. The van der Waals surface area contributed by atoms with Gasteiger partial charge in [0.2, 0.25) is 0 Å². The summed E-state index contributed by atoms with van der Waals surface area (Å²) in [6.45, 7) is 1.94. The van der Waals surface area contributed by atoms with Crippen LogP contribution in [0.5, 0.6) is 0 Å². The van der Waals surface area contributed by atoms with E-state index in [1.165, 1.54) is 17.8 Å². The molecule has 1 atom stereocenters. The summed E-state index contributed by atoms with van der Waals surface area (Å²) in [6.07, 6.45) is 1.21. The van der Waals surface area contributed by atoms with E-state index in [4.69, 9.17) is 4.74 Å². The first-order valence-corrected chi connectivity index (χ1v) is 7.68. The van der Waals surface area contributed by atoms with Crippen molar-refractivity contribution in [3.63, 3.8) is 0 Å². The number of benzene rings is 1. The Bertz CT molecular complexity index is 770. The zero-order valence-corrected chi connectivity index (χ0v) is 14.0. The quantitative estimate of drug-likeness (QED) is 0.470. The van der Waals surface area contributed by atoms with Crippen molar-refractivity contribution >= 4 is 17.6 Å². The molecule has 1 unspecified atom stereocenters. The van der Waals surface area contributed by atoms with Crippen LogP contribution in [-0.4, -0.2) is 34.5 Å². The highest BCUT2D eigenvalue weighted by Crippen LogP contribution is 2.16. The van der Waals surface area contributed by atoms with Crippen molar-refractivity contribution in [2.24, 2.45) is 7.05 Å². The maximum atomic E-state index is 11.9. The number of rotatable bonds is 7. The van der Waals surface area contributed by atoms with Gasteiger partial charge in [-0.2, -0.15) is 0 Å². The molecule has 0 spiro atoms. The molecule has 25 heavy (non-hydrogen) atoms. The Balaban J connectivity index is 1.81. The Morgan fingerprint density at radius 1 is 1.32 bits per heavy atom. The molecule has 0 bridgehead atoms. The van der Waals surface area contributed by atoms with Gasteiger partial charge in [0.25, 0.3) is 11.6 Å². The second kappa shape index (κ2) is 8.09. The second-order valence-electron chi connectivity index (χ2n) is 5.64. The molecule has 0 aliphatic rings. The van der Waals surface area contributed by atoms with Crippen molar-refractivity contribution in [3.8, 4) is 0 Å². The van der Waals surface area contributed by atoms with Crippen molar-refractivity contribution in [1.82, 2.24) is 9.88 Å². The van der Waals surface area contributed by atoms with Crippen LogP contribution in [0.1, 0.15) is 28.9 Å². The summed E-state index contributed by atoms with van der Waals surface area (Å²) in [7, 11) is 1.49. The fourth-order valence-electron chi connectivity index (χ4n) is 2.27. The Hall–Kier alpha value is -3.16. The standard InChI is InChI=1S/C17H19N3O5/c1-12(13-6-4-3-5-7-13)9-18-16(21)11-25-17(22)15-8-14(20(23)24)10-19(15)2/h3-8,10,12H,9,11H2,1-2H3,(H,18,21). The lowest BCUT2D eigenvalue weighted by atomic mass is 10.0. The monoisotopic (exact) mass is 345 g/mol. The SMILES string of the molecule is CC(CNC(=O)COC(=O)c1cc([N+](=O)[O-])cn1C)c1ccccc1. The first-order chi connectivity index (χ1) is 11.9. The minimum atomic E-state index is -0.790. The maximum absolute atomic E-state index is 11.9. The van der Waals surface area contributed by atoms with E-state index in [1.807, 2.05) is 37.3 Å². The Morgan fingerprint density at radius 3 is 2.60 bits per heavy atom. The van der Waals surface area contributed by atoms with Crippen LogP contribution < -0.4 is 5.32 Å². The van der Waals surface area contributed by atoms with Gasteiger partial charge in [-0.05, 0) is 11.5 Å². The number of aryl methyl sites for hydroxylation is 1. The number of nitro groups is 1. The molecule has 0 saturated heterocycles. The van der Waals surface area contributed by atoms with Crippen molar-refractivity contribution < 1.29 is 19.2 Å². The molecule has 0 saturated carbocycles. The number of hydrogen-bond acceptors (Lipinski definition) is 5. The fourth-order valence-corrected chi connectivity index (χ4v) is 2.27. The van der Waals surface area contributed by atoms with Gasteiger partial charge in [-0.15, -0.1) is 0 Å². The van der Waals surface area contributed by atoms with E-state index in [9.17, 15) is 19.7 Å². The minimum absolute atomic E-state index is 0.0113. The number of esters is 1. The van der Waals surface area contributed by atoms with E-state index in [1.54, 1.807) is 0 Å². The molecule has 1 amide bonds. The predicted octanol–water partition coefficient (Wildman–Crippen LogP) is 2.01. The molecule has 8 heteroatoms. The van der Waals surface area contributed by atoms with Gasteiger partial charge in [-0.25, -0.2) is 4.79 Å². The summed E-state index contributed by atoms with van der Waals surface area (Å²) in [4.78, 5) is 33.8. The van der Waals surface area contributed by atoms with Gasteiger partial charge in [0.1, 0.15) is 5.69 Å². The molecule has 8 nitrogen and oxygen atoms in total. The van der Waals surface area contributed by atoms with Crippen molar-refractivity contribution in [1.29, 1.82) is 0 Å². The number of carbonyl (C=O) groups is 2. The van der Waals surface area contributed by atoms with E-state index < -0.39 is 23.4 Å². The summed E-state index contributed by atoms with van der Waals surface area (Å²) in [5.74, 6) is -1.10. The highest BCUT2D eigenvalue weighted by molar-refractivity contribution is 5.90. The van der Waals surface area contributed by atoms with Gasteiger partial charge in [-0.3, -0.25) is 14.9 Å². The third-order valence-electron chi connectivity index (χ3n) is 3.72. The van der Waals surface area contributed by atoms with Gasteiger partial charge < -0.3 is 14.6 Å². The summed E-state index contributed by atoms with van der Waals surface area (Å²) in [5, 5.41) is 13.4. The van der Waals surface area contributed by atoms with Gasteiger partial charge >= 0.3 is 5.97 Å². The van der Waals surface area contributed by atoms with Crippen LogP contribution >= 0.6 is 0 Å². The molecular weight excluding hydrogens is 326 g/mol. The van der Waals surface area contributed by atoms with Gasteiger partial charge in [0, 0.05) is 19.7 Å². The third-order valence-corrected chi connectivity index (χ3v) is 3.72. The van der Waals surface area contributed by atoms with Gasteiger partial charge in [0.05, 0.1) is 11.1 Å². The molecule has 2 aromatic rings. The Morgan fingerprint density at radius 2 is 2.00 bits per heavy atom. The van der Waals surface area contributed by atoms with E-state index in [0.29, 0.717) is 6.54 Å². The van der Waals surface area contributed by atoms with E-state index in [-0.39, 0.29) is 17.3 Å². The third kappa shape index (κ3) is 4.90. The molecule has 132 valence electrons. The summed E-state index contributed by atoms with van der Waals surface area (Å²) in [6, 6.07) is 10.8. The highest BCUT2D eigenvalue weighted by Gasteiger charge is 2.19. The molecule has 1 N–H and O–H groups in total. The summed E-state index contributed by atoms with van der Waals surface area (Å²) in [5.41, 5.74) is 0.892. The van der Waals surface area contributed by atoms with Crippen LogP contribution in [0.25, 0.3) is 0 Å². The second-order valence-corrected chi connectivity index (χ2v) is 5.64. The summed E-state index contributed by atoms with van der Waals surface area (Å²) >= 11 is 0. The number of ether oxygens (including phenoxy) is 1. The number of carbonyl (C=O) groups excluding carboxylic acids is 2. The molecule has 0 radical (unpaired) electrons. The first-order valence-electron chi connectivity index (χ1n) is 7.68. The lowest BCUT2D eigenvalue weighted by molar-refractivity contribution is -0.384. The van der Waals surface area contributed by atoms with Crippen LogP contribution in [0, 0.1) is 10.1 Å². The number of nitrogens with zero attached hydrogens (tertiary/aromatic N) is 2. The largest absolute Gasteiger partial charge is 0.451 e. The first kappa shape index (κ1) is 18.2. The molecule has 0 aliphatic heterocycles. The number of nitrogens with one attached hydrogen (secondary N) is 1. The number of hydrogen-bond donors (Lipinski definition) is 1. The van der Waals surface area contributed by atoms with Crippen LogP contribution in [-0.2, 0) is 16.6 Å². The normalized spacial score (nSPS) is 11.6.